The Morgan fingerprint density at radius 2 is 2.07 bits per heavy atom. The van der Waals surface area contributed by atoms with Gasteiger partial charge < -0.3 is 5.11 Å². The van der Waals surface area contributed by atoms with Gasteiger partial charge in [-0.25, -0.2) is 4.39 Å². The van der Waals surface area contributed by atoms with Crippen LogP contribution in [0.2, 0.25) is 0 Å². The van der Waals surface area contributed by atoms with Crippen molar-refractivity contribution in [2.45, 2.75) is 24.9 Å². The van der Waals surface area contributed by atoms with E-state index in [1.807, 2.05) is 6.07 Å². The maximum absolute atomic E-state index is 13.4. The fourth-order valence-electron chi connectivity index (χ4n) is 1.77. The number of rotatable bonds is 3. The zero-order valence-corrected chi connectivity index (χ0v) is 8.23. The third-order valence-corrected chi connectivity index (χ3v) is 2.83. The average Bonchev–Trinajstić information content (AvgIpc) is 3.05. The van der Waals surface area contributed by atoms with Gasteiger partial charge in [0.1, 0.15) is 11.7 Å². The van der Waals surface area contributed by atoms with Gasteiger partial charge in [-0.3, -0.25) is 0 Å². The van der Waals surface area contributed by atoms with E-state index in [1.54, 1.807) is 18.2 Å². The molecule has 2 atom stereocenters. The maximum Gasteiger partial charge on any atom is 0.127 e. The van der Waals surface area contributed by atoms with Gasteiger partial charge in [-0.1, -0.05) is 18.2 Å². The van der Waals surface area contributed by atoms with Gasteiger partial charge in [-0.2, -0.15) is 5.26 Å². The van der Waals surface area contributed by atoms with Gasteiger partial charge in [0.15, 0.2) is 0 Å². The average molecular weight is 205 g/mol. The number of nitriles is 1. The van der Waals surface area contributed by atoms with Gasteiger partial charge in [0.2, 0.25) is 0 Å². The van der Waals surface area contributed by atoms with E-state index in [0.717, 1.165) is 12.8 Å². The molecule has 0 saturated heterocycles. The van der Waals surface area contributed by atoms with E-state index in [9.17, 15) is 9.50 Å². The molecule has 2 rings (SSSR count). The molecule has 15 heavy (non-hydrogen) atoms. The Labute approximate surface area is 88.0 Å². The predicted octanol–water partition coefficient (Wildman–Crippen LogP) is 2.20. The molecule has 2 unspecified atom stereocenters. The maximum atomic E-state index is 13.4. The van der Waals surface area contributed by atoms with Gasteiger partial charge in [-0.15, -0.1) is 0 Å². The second-order valence-electron chi connectivity index (χ2n) is 3.96. The Bertz CT molecular complexity index is 395. The molecule has 1 aromatic carbocycles. The highest BCUT2D eigenvalue weighted by atomic mass is 19.1. The second kappa shape index (κ2) is 4.00. The normalized spacial score (nSPS) is 19.3. The molecule has 1 saturated carbocycles. The molecule has 1 aliphatic rings. The number of halogens is 1. The lowest BCUT2D eigenvalue weighted by atomic mass is 9.92. The summed E-state index contributed by atoms with van der Waals surface area (Å²) in [7, 11) is 0. The molecule has 0 spiro atoms. The van der Waals surface area contributed by atoms with Crippen LogP contribution < -0.4 is 0 Å². The number of nitrogens with zero attached hydrogens (tertiary/aromatic N) is 1. The number of hydrogen-bond donors (Lipinski definition) is 1. The van der Waals surface area contributed by atoms with Crippen molar-refractivity contribution in [3.05, 3.63) is 35.6 Å². The van der Waals surface area contributed by atoms with Crippen molar-refractivity contribution >= 4 is 0 Å². The molecule has 0 bridgehead atoms. The van der Waals surface area contributed by atoms with E-state index in [4.69, 9.17) is 5.26 Å². The van der Waals surface area contributed by atoms with E-state index in [0.29, 0.717) is 5.56 Å². The highest BCUT2D eigenvalue weighted by Gasteiger charge is 2.36. The van der Waals surface area contributed by atoms with E-state index < -0.39 is 17.8 Å². The van der Waals surface area contributed by atoms with E-state index in [1.165, 1.54) is 6.07 Å². The summed E-state index contributed by atoms with van der Waals surface area (Å²) in [4.78, 5) is 0. The van der Waals surface area contributed by atoms with Crippen molar-refractivity contribution in [3.8, 4) is 6.07 Å². The number of aliphatic hydroxyl groups excluding tert-OH is 1. The lowest BCUT2D eigenvalue weighted by Crippen LogP contribution is -2.20. The van der Waals surface area contributed by atoms with Crippen LogP contribution in [-0.2, 0) is 0 Å². The highest BCUT2D eigenvalue weighted by molar-refractivity contribution is 5.28. The monoisotopic (exact) mass is 205 g/mol. The van der Waals surface area contributed by atoms with Crippen molar-refractivity contribution in [2.75, 3.05) is 0 Å². The molecule has 3 heteroatoms. The first-order valence-electron chi connectivity index (χ1n) is 5.06. The van der Waals surface area contributed by atoms with Gasteiger partial charge in [0, 0.05) is 5.56 Å². The SMILES string of the molecule is N#CC(c1ccccc1F)C(O)C1CC1. The Balaban J connectivity index is 2.26. The summed E-state index contributed by atoms with van der Waals surface area (Å²) in [5.74, 6) is -0.975. The number of hydrogen-bond acceptors (Lipinski definition) is 2. The zero-order chi connectivity index (χ0) is 10.8. The summed E-state index contributed by atoms with van der Waals surface area (Å²) in [6, 6.07) is 8.14. The van der Waals surface area contributed by atoms with Crippen LogP contribution in [0.3, 0.4) is 0 Å². The lowest BCUT2D eigenvalue weighted by Gasteiger charge is -2.16. The molecule has 1 N–H and O–H groups in total. The molecule has 0 heterocycles. The minimum Gasteiger partial charge on any atom is -0.391 e. The van der Waals surface area contributed by atoms with Crippen LogP contribution in [0.4, 0.5) is 4.39 Å². The van der Waals surface area contributed by atoms with Crippen LogP contribution in [-0.4, -0.2) is 11.2 Å². The summed E-state index contributed by atoms with van der Waals surface area (Å²) in [6.45, 7) is 0. The van der Waals surface area contributed by atoms with Gasteiger partial charge >= 0.3 is 0 Å². The summed E-state index contributed by atoms with van der Waals surface area (Å²) >= 11 is 0. The number of aliphatic hydroxyl groups is 1. The summed E-state index contributed by atoms with van der Waals surface area (Å²) in [5, 5.41) is 18.8. The molecular weight excluding hydrogens is 193 g/mol. The van der Waals surface area contributed by atoms with Crippen molar-refractivity contribution in [2.24, 2.45) is 5.92 Å². The Morgan fingerprint density at radius 1 is 1.40 bits per heavy atom. The molecule has 0 radical (unpaired) electrons. The van der Waals surface area contributed by atoms with E-state index >= 15 is 0 Å². The molecular formula is C12H12FNO. The zero-order valence-electron chi connectivity index (χ0n) is 8.23. The molecule has 78 valence electrons. The van der Waals surface area contributed by atoms with Gasteiger partial charge in [0.25, 0.3) is 0 Å². The van der Waals surface area contributed by atoms with Crippen LogP contribution in [0.15, 0.2) is 24.3 Å². The van der Waals surface area contributed by atoms with E-state index in [2.05, 4.69) is 0 Å². The first-order chi connectivity index (χ1) is 7.24. The topological polar surface area (TPSA) is 44.0 Å². The summed E-state index contributed by atoms with van der Waals surface area (Å²) < 4.78 is 13.4. The highest BCUT2D eigenvalue weighted by Crippen LogP contribution is 2.39. The van der Waals surface area contributed by atoms with Crippen molar-refractivity contribution in [1.82, 2.24) is 0 Å². The largest absolute Gasteiger partial charge is 0.391 e. The van der Waals surface area contributed by atoms with Gasteiger partial charge in [-0.05, 0) is 24.8 Å². The van der Waals surface area contributed by atoms with E-state index in [-0.39, 0.29) is 5.92 Å². The summed E-state index contributed by atoms with van der Waals surface area (Å²) in [6.07, 6.45) is 1.15. The quantitative estimate of drug-likeness (QED) is 0.822. The first kappa shape index (κ1) is 10.1. The fraction of sp³-hybridized carbons (Fsp3) is 0.417. The molecule has 0 aromatic heterocycles. The van der Waals surface area contributed by atoms with Crippen LogP contribution >= 0.6 is 0 Å². The number of benzene rings is 1. The summed E-state index contributed by atoms with van der Waals surface area (Å²) in [5.41, 5.74) is 0.305. The van der Waals surface area contributed by atoms with Crippen LogP contribution in [0.5, 0.6) is 0 Å². The molecule has 2 nitrogen and oxygen atoms in total. The Morgan fingerprint density at radius 3 is 2.60 bits per heavy atom. The lowest BCUT2D eigenvalue weighted by molar-refractivity contribution is 0.137. The smallest absolute Gasteiger partial charge is 0.127 e. The van der Waals surface area contributed by atoms with Gasteiger partial charge in [0.05, 0.1) is 12.2 Å². The molecule has 1 aromatic rings. The van der Waals surface area contributed by atoms with Crippen molar-refractivity contribution in [1.29, 1.82) is 5.26 Å². The third-order valence-electron chi connectivity index (χ3n) is 2.83. The standard InChI is InChI=1S/C12H12FNO/c13-11-4-2-1-3-9(11)10(7-14)12(15)8-5-6-8/h1-4,8,10,12,15H,5-6H2. The molecule has 0 amide bonds. The van der Waals surface area contributed by atoms with Crippen molar-refractivity contribution < 1.29 is 9.50 Å². The Kier molecular flexibility index (Phi) is 2.70. The predicted molar refractivity (Wildman–Crippen MR) is 53.5 cm³/mol. The second-order valence-corrected chi connectivity index (χ2v) is 3.96. The Hall–Kier alpha value is -1.40. The van der Waals surface area contributed by atoms with Crippen LogP contribution in [0.25, 0.3) is 0 Å². The fourth-order valence-corrected chi connectivity index (χ4v) is 1.77. The molecule has 1 aliphatic carbocycles. The van der Waals surface area contributed by atoms with Crippen LogP contribution in [0.1, 0.15) is 24.3 Å². The van der Waals surface area contributed by atoms with Crippen molar-refractivity contribution in [3.63, 3.8) is 0 Å². The molecule has 0 aliphatic heterocycles. The molecule has 1 fully saturated rings. The third kappa shape index (κ3) is 2.00. The van der Waals surface area contributed by atoms with Crippen LogP contribution in [0, 0.1) is 23.1 Å². The minimum absolute atomic E-state index is 0.175. The minimum atomic E-state index is -0.737. The first-order valence-corrected chi connectivity index (χ1v) is 5.06.